The Morgan fingerprint density at radius 2 is 1.85 bits per heavy atom. The Labute approximate surface area is 234 Å². The topological polar surface area (TPSA) is 113 Å². The van der Waals surface area contributed by atoms with E-state index in [1.165, 1.54) is 11.3 Å². The minimum atomic E-state index is -0.450. The van der Waals surface area contributed by atoms with Gasteiger partial charge in [0.1, 0.15) is 5.00 Å². The molecule has 0 unspecified atom stereocenters. The maximum atomic E-state index is 13.6. The summed E-state index contributed by atoms with van der Waals surface area (Å²) in [6.45, 7) is 12.7. The van der Waals surface area contributed by atoms with Gasteiger partial charge in [0, 0.05) is 47.5 Å². The molecule has 9 nitrogen and oxygen atoms in total. The molecule has 39 heavy (non-hydrogen) atoms. The van der Waals surface area contributed by atoms with Gasteiger partial charge in [0.25, 0.3) is 5.91 Å². The molecular formula is C29H37N5O4S. The number of hydrogen-bond acceptors (Lipinski definition) is 6. The average Bonchev–Trinajstić information content (AvgIpc) is 3.30. The lowest BCUT2D eigenvalue weighted by molar-refractivity contribution is -0.109. The molecule has 208 valence electrons. The lowest BCUT2D eigenvalue weighted by atomic mass is 9.94. The Bertz CT molecular complexity index is 1310. The molecule has 0 bridgehead atoms. The van der Waals surface area contributed by atoms with Crippen molar-refractivity contribution in [2.45, 2.75) is 53.0 Å². The molecule has 0 atom stereocenters. The number of anilines is 2. The summed E-state index contributed by atoms with van der Waals surface area (Å²) in [5.41, 5.74) is 3.59. The molecule has 0 saturated carbocycles. The highest BCUT2D eigenvalue weighted by atomic mass is 32.1. The van der Waals surface area contributed by atoms with E-state index in [4.69, 9.17) is 4.74 Å². The fourth-order valence-electron chi connectivity index (χ4n) is 3.96. The zero-order valence-electron chi connectivity index (χ0n) is 23.5. The van der Waals surface area contributed by atoms with Gasteiger partial charge in [-0.15, -0.1) is 11.3 Å². The van der Waals surface area contributed by atoms with E-state index in [2.05, 4.69) is 41.7 Å². The van der Waals surface area contributed by atoms with Crippen LogP contribution in [0.25, 0.3) is 11.1 Å². The van der Waals surface area contributed by atoms with Crippen LogP contribution in [-0.2, 0) is 10.2 Å². The molecule has 0 aliphatic carbocycles. The molecule has 3 aromatic rings. The Morgan fingerprint density at radius 1 is 1.10 bits per heavy atom. The summed E-state index contributed by atoms with van der Waals surface area (Å²) in [5.74, 6) is 0.320. The second-order valence-electron chi connectivity index (χ2n) is 10.5. The number of nitrogens with one attached hydrogen (secondary N) is 3. The molecule has 0 radical (unpaired) electrons. The number of rotatable bonds is 10. The molecule has 0 fully saturated rings. The number of nitrogens with zero attached hydrogens (tertiary/aromatic N) is 2. The number of pyridine rings is 1. The van der Waals surface area contributed by atoms with Gasteiger partial charge in [-0.3, -0.25) is 14.9 Å². The number of carbonyl (C=O) groups is 3. The molecule has 2 aromatic heterocycles. The largest absolute Gasteiger partial charge is 0.481 e. The van der Waals surface area contributed by atoms with Gasteiger partial charge < -0.3 is 20.3 Å². The van der Waals surface area contributed by atoms with Gasteiger partial charge in [0.15, 0.2) is 0 Å². The van der Waals surface area contributed by atoms with Crippen molar-refractivity contribution in [1.29, 1.82) is 0 Å². The number of hydrogen-bond donors (Lipinski definition) is 3. The third-order valence-electron chi connectivity index (χ3n) is 6.01. The maximum absolute atomic E-state index is 13.6. The van der Waals surface area contributed by atoms with Gasteiger partial charge >= 0.3 is 6.03 Å². The van der Waals surface area contributed by atoms with Crippen molar-refractivity contribution >= 4 is 40.4 Å². The van der Waals surface area contributed by atoms with E-state index in [9.17, 15) is 14.4 Å². The van der Waals surface area contributed by atoms with E-state index in [-0.39, 0.29) is 17.4 Å². The second-order valence-corrected chi connectivity index (χ2v) is 11.6. The van der Waals surface area contributed by atoms with Crippen molar-refractivity contribution in [1.82, 2.24) is 15.2 Å². The molecule has 0 aliphatic heterocycles. The van der Waals surface area contributed by atoms with Crippen LogP contribution in [-0.4, -0.2) is 54.5 Å². The summed E-state index contributed by atoms with van der Waals surface area (Å²) in [6, 6.07) is 10.8. The number of thiophene rings is 1. The lowest BCUT2D eigenvalue weighted by Crippen LogP contribution is -2.41. The van der Waals surface area contributed by atoms with Gasteiger partial charge in [-0.05, 0) is 61.6 Å². The molecule has 3 rings (SSSR count). The molecule has 4 amide bonds. The number of methoxy groups -OCH3 is 1. The minimum Gasteiger partial charge on any atom is -0.481 e. The van der Waals surface area contributed by atoms with E-state index >= 15 is 0 Å². The molecule has 10 heteroatoms. The first-order chi connectivity index (χ1) is 18.4. The number of benzene rings is 1. The summed E-state index contributed by atoms with van der Waals surface area (Å²) in [4.78, 5) is 44.4. The summed E-state index contributed by atoms with van der Waals surface area (Å²) in [6.07, 6.45) is 2.34. The number of aromatic nitrogens is 1. The highest BCUT2D eigenvalue weighted by Crippen LogP contribution is 2.37. The Kier molecular flexibility index (Phi) is 9.69. The quantitative estimate of drug-likeness (QED) is 0.222. The number of ether oxygens (including phenoxy) is 1. The van der Waals surface area contributed by atoms with E-state index in [0.29, 0.717) is 41.6 Å². The fourth-order valence-corrected chi connectivity index (χ4v) is 5.07. The van der Waals surface area contributed by atoms with Crippen molar-refractivity contribution < 1.29 is 19.1 Å². The average molecular weight is 552 g/mol. The zero-order chi connectivity index (χ0) is 28.7. The van der Waals surface area contributed by atoms with Crippen LogP contribution in [0.4, 0.5) is 15.5 Å². The van der Waals surface area contributed by atoms with E-state index in [1.807, 2.05) is 51.1 Å². The SMILES string of the molecule is COc1ccc(-c2cc(C)cc(NC(=O)Nc3sc(C(C)(C)C)cc3C(=O)N(CCNC=O)C(C)C)c2)cn1. The van der Waals surface area contributed by atoms with Gasteiger partial charge in [0.05, 0.1) is 12.7 Å². The first-order valence-electron chi connectivity index (χ1n) is 12.8. The summed E-state index contributed by atoms with van der Waals surface area (Å²) in [7, 11) is 1.57. The van der Waals surface area contributed by atoms with Crippen LogP contribution in [0.5, 0.6) is 5.88 Å². The lowest BCUT2D eigenvalue weighted by Gasteiger charge is -2.26. The second kappa shape index (κ2) is 12.8. The molecule has 0 aliphatic rings. The van der Waals surface area contributed by atoms with Gasteiger partial charge in [-0.2, -0.15) is 0 Å². The number of carbonyl (C=O) groups excluding carboxylic acids is 3. The number of urea groups is 1. The van der Waals surface area contributed by atoms with E-state index < -0.39 is 6.03 Å². The Morgan fingerprint density at radius 3 is 2.44 bits per heavy atom. The van der Waals surface area contributed by atoms with Crippen LogP contribution in [0.2, 0.25) is 0 Å². The van der Waals surface area contributed by atoms with Crippen LogP contribution in [0, 0.1) is 6.92 Å². The van der Waals surface area contributed by atoms with E-state index in [0.717, 1.165) is 21.6 Å². The third-order valence-corrected chi connectivity index (χ3v) is 7.48. The van der Waals surface area contributed by atoms with Gasteiger partial charge in [-0.1, -0.05) is 26.8 Å². The predicted octanol–water partition coefficient (Wildman–Crippen LogP) is 5.67. The zero-order valence-corrected chi connectivity index (χ0v) is 24.4. The fraction of sp³-hybridized carbons (Fsp3) is 0.379. The smallest absolute Gasteiger partial charge is 0.324 e. The standard InChI is InChI=1S/C29H37N5O4S/c1-18(2)34(11-10-30-17-35)27(36)23-15-24(29(4,5)6)39-26(23)33-28(37)32-22-13-19(3)12-21(14-22)20-8-9-25(38-7)31-16-20/h8-9,12-18H,10-11H2,1-7H3,(H,30,35)(H2,32,33,37). The molecule has 2 heterocycles. The number of amides is 4. The van der Waals surface area contributed by atoms with Crippen LogP contribution < -0.4 is 20.7 Å². The Hall–Kier alpha value is -3.92. The van der Waals surface area contributed by atoms with Gasteiger partial charge in [-0.25, -0.2) is 9.78 Å². The first-order valence-corrected chi connectivity index (χ1v) is 13.6. The maximum Gasteiger partial charge on any atom is 0.324 e. The van der Waals surface area contributed by atoms with Crippen LogP contribution >= 0.6 is 11.3 Å². The molecule has 3 N–H and O–H groups in total. The highest BCUT2D eigenvalue weighted by Gasteiger charge is 2.27. The highest BCUT2D eigenvalue weighted by molar-refractivity contribution is 7.16. The van der Waals surface area contributed by atoms with Crippen LogP contribution in [0.15, 0.2) is 42.6 Å². The van der Waals surface area contributed by atoms with Crippen LogP contribution in [0.1, 0.15) is 55.4 Å². The summed E-state index contributed by atoms with van der Waals surface area (Å²) < 4.78 is 5.14. The van der Waals surface area contributed by atoms with Crippen molar-refractivity contribution in [3.05, 3.63) is 58.6 Å². The van der Waals surface area contributed by atoms with Crippen molar-refractivity contribution in [3.8, 4) is 17.0 Å². The van der Waals surface area contributed by atoms with E-state index in [1.54, 1.807) is 24.3 Å². The van der Waals surface area contributed by atoms with Crippen molar-refractivity contribution in [2.24, 2.45) is 0 Å². The first kappa shape index (κ1) is 29.6. The van der Waals surface area contributed by atoms with Crippen molar-refractivity contribution in [2.75, 3.05) is 30.8 Å². The molecule has 1 aromatic carbocycles. The monoisotopic (exact) mass is 551 g/mol. The predicted molar refractivity (Wildman–Crippen MR) is 157 cm³/mol. The van der Waals surface area contributed by atoms with Gasteiger partial charge in [0.2, 0.25) is 12.3 Å². The van der Waals surface area contributed by atoms with Crippen molar-refractivity contribution in [3.63, 3.8) is 0 Å². The molecule has 0 spiro atoms. The third kappa shape index (κ3) is 7.79. The van der Waals surface area contributed by atoms with Crippen LogP contribution in [0.3, 0.4) is 0 Å². The molecule has 0 saturated heterocycles. The Balaban J connectivity index is 1.86. The minimum absolute atomic E-state index is 0.0937. The summed E-state index contributed by atoms with van der Waals surface area (Å²) >= 11 is 1.39. The molecular weight excluding hydrogens is 514 g/mol. The summed E-state index contributed by atoms with van der Waals surface area (Å²) in [5, 5.41) is 8.90. The normalized spacial score (nSPS) is 11.2. The number of aryl methyl sites for hydroxylation is 1.